The van der Waals surface area contributed by atoms with Gasteiger partial charge in [-0.25, -0.2) is 9.99 Å². The van der Waals surface area contributed by atoms with Crippen LogP contribution >= 0.6 is 0 Å². The Bertz CT molecular complexity index is 1160. The predicted molar refractivity (Wildman–Crippen MR) is 115 cm³/mol. The monoisotopic (exact) mass is 402 g/mol. The molecule has 8 nitrogen and oxygen atoms in total. The van der Waals surface area contributed by atoms with E-state index < -0.39 is 0 Å². The third kappa shape index (κ3) is 3.98. The molecule has 0 saturated carbocycles. The summed E-state index contributed by atoms with van der Waals surface area (Å²) in [4.78, 5) is 29.6. The van der Waals surface area contributed by atoms with Crippen LogP contribution in [0, 0.1) is 20.8 Å². The van der Waals surface area contributed by atoms with Gasteiger partial charge in [0, 0.05) is 24.1 Å². The van der Waals surface area contributed by atoms with Crippen LogP contribution in [0.2, 0.25) is 0 Å². The van der Waals surface area contributed by atoms with Gasteiger partial charge in [-0.05, 0) is 50.1 Å². The summed E-state index contributed by atoms with van der Waals surface area (Å²) >= 11 is 0. The van der Waals surface area contributed by atoms with Gasteiger partial charge in [-0.15, -0.1) is 0 Å². The Morgan fingerprint density at radius 1 is 1.10 bits per heavy atom. The van der Waals surface area contributed by atoms with Gasteiger partial charge in [-0.1, -0.05) is 24.3 Å². The maximum Gasteiger partial charge on any atom is 0.271 e. The van der Waals surface area contributed by atoms with E-state index in [1.165, 1.54) is 5.01 Å². The number of anilines is 2. The zero-order valence-corrected chi connectivity index (χ0v) is 17.1. The van der Waals surface area contributed by atoms with Crippen molar-refractivity contribution >= 4 is 28.9 Å². The fraction of sp³-hybridized carbons (Fsp3) is 0.227. The van der Waals surface area contributed by atoms with E-state index in [9.17, 15) is 9.59 Å². The molecule has 0 spiro atoms. The van der Waals surface area contributed by atoms with Gasteiger partial charge in [0.25, 0.3) is 5.91 Å². The molecule has 2 aromatic carbocycles. The number of nitrogens with zero attached hydrogens (tertiary/aromatic N) is 4. The molecule has 0 aliphatic carbocycles. The summed E-state index contributed by atoms with van der Waals surface area (Å²) in [5.41, 5.74) is 4.36. The number of aromatic nitrogens is 3. The third-order valence-corrected chi connectivity index (χ3v) is 4.86. The van der Waals surface area contributed by atoms with Crippen molar-refractivity contribution in [3.63, 3.8) is 0 Å². The summed E-state index contributed by atoms with van der Waals surface area (Å²) in [5.74, 6) is 0.820. The molecule has 4 rings (SSSR count). The molecule has 152 valence electrons. The van der Waals surface area contributed by atoms with Gasteiger partial charge in [0.2, 0.25) is 5.91 Å². The highest BCUT2D eigenvalue weighted by atomic mass is 16.2. The lowest BCUT2D eigenvalue weighted by Crippen LogP contribution is -2.36. The summed E-state index contributed by atoms with van der Waals surface area (Å²) in [6, 6.07) is 13.1. The molecule has 0 atom stereocenters. The van der Waals surface area contributed by atoms with Gasteiger partial charge >= 0.3 is 0 Å². The molecular formula is C22H22N6O2. The molecule has 1 aliphatic heterocycles. The van der Waals surface area contributed by atoms with E-state index in [-0.39, 0.29) is 18.2 Å². The number of carbonyl (C=O) groups excluding carboxylic acids is 2. The largest absolute Gasteiger partial charge is 0.321 e. The average Bonchev–Trinajstić information content (AvgIpc) is 3.17. The highest BCUT2D eigenvalue weighted by Gasteiger charge is 2.26. The Morgan fingerprint density at radius 3 is 2.70 bits per heavy atom. The average molecular weight is 402 g/mol. The highest BCUT2D eigenvalue weighted by molar-refractivity contribution is 6.44. The molecule has 3 aromatic rings. The van der Waals surface area contributed by atoms with Gasteiger partial charge < -0.3 is 5.32 Å². The molecule has 1 aromatic heterocycles. The molecule has 30 heavy (non-hydrogen) atoms. The van der Waals surface area contributed by atoms with Crippen LogP contribution in [0.4, 0.5) is 11.4 Å². The van der Waals surface area contributed by atoms with Crippen LogP contribution in [0.1, 0.15) is 29.8 Å². The van der Waals surface area contributed by atoms with Gasteiger partial charge in [0.05, 0.1) is 5.69 Å². The number of nitrogens with one attached hydrogen (secondary N) is 2. The number of aromatic amines is 1. The Morgan fingerprint density at radius 2 is 1.93 bits per heavy atom. The fourth-order valence-corrected chi connectivity index (χ4v) is 3.26. The maximum atomic E-state index is 12.8. The van der Waals surface area contributed by atoms with E-state index in [1.807, 2.05) is 51.1 Å². The van der Waals surface area contributed by atoms with Crippen LogP contribution in [0.3, 0.4) is 0 Å². The normalized spacial score (nSPS) is 13.9. The Hall–Kier alpha value is -3.81. The molecule has 0 bridgehead atoms. The van der Waals surface area contributed by atoms with Crippen LogP contribution in [0.15, 0.2) is 47.6 Å². The van der Waals surface area contributed by atoms with Crippen molar-refractivity contribution in [2.45, 2.75) is 33.6 Å². The number of H-pyrrole nitrogens is 1. The van der Waals surface area contributed by atoms with E-state index in [2.05, 4.69) is 25.6 Å². The number of hydrazone groups is 1. The van der Waals surface area contributed by atoms with Crippen molar-refractivity contribution in [2.24, 2.45) is 5.10 Å². The summed E-state index contributed by atoms with van der Waals surface area (Å²) in [6.07, 6.45) is 0.530. The Labute approximate surface area is 174 Å². The number of amides is 2. The first kappa shape index (κ1) is 19.5. The van der Waals surface area contributed by atoms with Crippen molar-refractivity contribution in [3.05, 3.63) is 59.4 Å². The molecule has 0 unspecified atom stereocenters. The van der Waals surface area contributed by atoms with E-state index in [4.69, 9.17) is 0 Å². The molecule has 2 N–H and O–H groups in total. The Balaban J connectivity index is 1.57. The van der Waals surface area contributed by atoms with Crippen molar-refractivity contribution in [2.75, 3.05) is 10.3 Å². The van der Waals surface area contributed by atoms with Crippen LogP contribution in [-0.2, 0) is 9.59 Å². The second kappa shape index (κ2) is 7.90. The van der Waals surface area contributed by atoms with Crippen LogP contribution < -0.4 is 10.3 Å². The van der Waals surface area contributed by atoms with Crippen LogP contribution in [0.25, 0.3) is 11.4 Å². The van der Waals surface area contributed by atoms with Gasteiger partial charge in [0.15, 0.2) is 5.82 Å². The summed E-state index contributed by atoms with van der Waals surface area (Å²) in [7, 11) is 0. The minimum Gasteiger partial charge on any atom is -0.321 e. The number of rotatable bonds is 4. The van der Waals surface area contributed by atoms with Crippen molar-refractivity contribution in [1.82, 2.24) is 15.2 Å². The number of aryl methyl sites for hydroxylation is 3. The maximum absolute atomic E-state index is 12.8. The molecule has 0 radical (unpaired) electrons. The van der Waals surface area contributed by atoms with E-state index >= 15 is 0 Å². The topological polar surface area (TPSA) is 103 Å². The van der Waals surface area contributed by atoms with Gasteiger partial charge in [-0.3, -0.25) is 14.7 Å². The SMILES string of the molecule is Cc1ccc(C)c(N2N=C(C(=O)Nc3cccc(-c4n[nH]c(C)n4)c3)CCC2=O)c1. The van der Waals surface area contributed by atoms with Crippen molar-refractivity contribution < 1.29 is 9.59 Å². The lowest BCUT2D eigenvalue weighted by molar-refractivity contribution is -0.118. The summed E-state index contributed by atoms with van der Waals surface area (Å²) in [5, 5.41) is 15.5. The van der Waals surface area contributed by atoms with Crippen molar-refractivity contribution in [1.29, 1.82) is 0 Å². The first-order valence-electron chi connectivity index (χ1n) is 9.69. The number of carbonyl (C=O) groups is 2. The molecule has 0 fully saturated rings. The minimum absolute atomic E-state index is 0.123. The zero-order chi connectivity index (χ0) is 21.3. The first-order chi connectivity index (χ1) is 14.4. The zero-order valence-electron chi connectivity index (χ0n) is 17.1. The minimum atomic E-state index is -0.332. The second-order valence-corrected chi connectivity index (χ2v) is 7.32. The summed E-state index contributed by atoms with van der Waals surface area (Å²) in [6.45, 7) is 5.70. The number of hydrogen-bond donors (Lipinski definition) is 2. The third-order valence-electron chi connectivity index (χ3n) is 4.86. The molecule has 8 heteroatoms. The standard InChI is InChI=1S/C22H22N6O2/c1-13-7-8-14(2)19(11-13)28-20(29)10-9-18(27-28)22(30)24-17-6-4-5-16(12-17)21-23-15(3)25-26-21/h4-8,11-12H,9-10H2,1-3H3,(H,24,30)(H,23,25,26). The fourth-order valence-electron chi connectivity index (χ4n) is 3.26. The first-order valence-corrected chi connectivity index (χ1v) is 9.69. The van der Waals surface area contributed by atoms with Gasteiger partial charge in [0.1, 0.15) is 11.5 Å². The molecule has 1 aliphatic rings. The molecule has 0 saturated heterocycles. The second-order valence-electron chi connectivity index (χ2n) is 7.32. The van der Waals surface area contributed by atoms with Crippen LogP contribution in [-0.4, -0.2) is 32.7 Å². The van der Waals surface area contributed by atoms with Gasteiger partial charge in [-0.2, -0.15) is 10.2 Å². The lowest BCUT2D eigenvalue weighted by atomic mass is 10.1. The molecular weight excluding hydrogens is 380 g/mol. The lowest BCUT2D eigenvalue weighted by Gasteiger charge is -2.24. The summed E-state index contributed by atoms with van der Waals surface area (Å²) < 4.78 is 0. The van der Waals surface area contributed by atoms with E-state index in [0.29, 0.717) is 35.2 Å². The predicted octanol–water partition coefficient (Wildman–Crippen LogP) is 3.52. The molecule has 2 amide bonds. The van der Waals surface area contributed by atoms with Crippen molar-refractivity contribution in [3.8, 4) is 11.4 Å². The van der Waals surface area contributed by atoms with E-state index in [0.717, 1.165) is 16.7 Å². The van der Waals surface area contributed by atoms with E-state index in [1.54, 1.807) is 12.1 Å². The highest BCUT2D eigenvalue weighted by Crippen LogP contribution is 2.26. The Kier molecular flexibility index (Phi) is 5.14. The van der Waals surface area contributed by atoms with Crippen LogP contribution in [0.5, 0.6) is 0 Å². The molecule has 2 heterocycles. The smallest absolute Gasteiger partial charge is 0.271 e. The number of hydrogen-bond acceptors (Lipinski definition) is 5. The number of benzene rings is 2. The quantitative estimate of drug-likeness (QED) is 0.697.